The molecule has 0 aromatic heterocycles. The van der Waals surface area contributed by atoms with Gasteiger partial charge in [-0.2, -0.15) is 0 Å². The molecule has 0 saturated carbocycles. The Bertz CT molecular complexity index is 442. The molecule has 0 bridgehead atoms. The largest absolute Gasteiger partial charge is 0.396 e. The zero-order chi connectivity index (χ0) is 14.3. The first-order valence-electron chi connectivity index (χ1n) is 6.36. The fraction of sp³-hybridized carbons (Fsp3) is 0.400. The van der Waals surface area contributed by atoms with Gasteiger partial charge in [-0.25, -0.2) is 0 Å². The standard InChI is InChI=1S/C15H20ClNO2/c1-3-15(2,10-11-18)17-14(19)9-6-12-4-7-13(16)8-5-12/h4-9,18H,3,10-11H2,1-2H3,(H,17,19)/b9-6+. The Labute approximate surface area is 119 Å². The van der Waals surface area contributed by atoms with Crippen LogP contribution in [0.25, 0.3) is 6.08 Å². The number of benzene rings is 1. The second-order valence-corrected chi connectivity index (χ2v) is 5.20. The van der Waals surface area contributed by atoms with Crippen molar-refractivity contribution in [1.82, 2.24) is 5.32 Å². The van der Waals surface area contributed by atoms with Gasteiger partial charge in [0.25, 0.3) is 0 Å². The van der Waals surface area contributed by atoms with E-state index >= 15 is 0 Å². The molecule has 3 nitrogen and oxygen atoms in total. The summed E-state index contributed by atoms with van der Waals surface area (Å²) in [5, 5.41) is 12.6. The fourth-order valence-electron chi connectivity index (χ4n) is 1.66. The highest BCUT2D eigenvalue weighted by atomic mass is 35.5. The number of aliphatic hydroxyl groups is 1. The topological polar surface area (TPSA) is 49.3 Å². The summed E-state index contributed by atoms with van der Waals surface area (Å²) in [6, 6.07) is 7.25. The number of carbonyl (C=O) groups excluding carboxylic acids is 1. The monoisotopic (exact) mass is 281 g/mol. The van der Waals surface area contributed by atoms with Gasteiger partial charge in [0.1, 0.15) is 0 Å². The number of carbonyl (C=O) groups is 1. The van der Waals surface area contributed by atoms with Crippen LogP contribution in [0.1, 0.15) is 32.3 Å². The van der Waals surface area contributed by atoms with E-state index in [9.17, 15) is 4.79 Å². The second kappa shape index (κ2) is 7.31. The summed E-state index contributed by atoms with van der Waals surface area (Å²) in [6.07, 6.45) is 4.55. The Hall–Kier alpha value is -1.32. The molecule has 1 rings (SSSR count). The van der Waals surface area contributed by atoms with Gasteiger partial charge >= 0.3 is 0 Å². The van der Waals surface area contributed by atoms with Crippen LogP contribution in [-0.4, -0.2) is 23.2 Å². The number of rotatable bonds is 6. The third kappa shape index (κ3) is 5.45. The van der Waals surface area contributed by atoms with Crippen LogP contribution in [0.15, 0.2) is 30.3 Å². The smallest absolute Gasteiger partial charge is 0.244 e. The van der Waals surface area contributed by atoms with Crippen LogP contribution in [-0.2, 0) is 4.79 Å². The van der Waals surface area contributed by atoms with Crippen molar-refractivity contribution in [3.8, 4) is 0 Å². The van der Waals surface area contributed by atoms with E-state index < -0.39 is 0 Å². The minimum atomic E-state index is -0.365. The van der Waals surface area contributed by atoms with Crippen LogP contribution in [0.2, 0.25) is 5.02 Å². The first-order chi connectivity index (χ1) is 8.99. The number of aliphatic hydroxyl groups excluding tert-OH is 1. The zero-order valence-electron chi connectivity index (χ0n) is 11.3. The fourth-order valence-corrected chi connectivity index (χ4v) is 1.79. The highest BCUT2D eigenvalue weighted by Gasteiger charge is 2.22. The lowest BCUT2D eigenvalue weighted by Gasteiger charge is -2.28. The van der Waals surface area contributed by atoms with E-state index in [1.54, 1.807) is 18.2 Å². The summed E-state index contributed by atoms with van der Waals surface area (Å²) in [5.41, 5.74) is 0.552. The van der Waals surface area contributed by atoms with Crippen molar-refractivity contribution in [2.75, 3.05) is 6.61 Å². The van der Waals surface area contributed by atoms with E-state index in [1.165, 1.54) is 6.08 Å². The number of halogens is 1. The van der Waals surface area contributed by atoms with Gasteiger partial charge in [-0.05, 0) is 43.5 Å². The molecule has 0 radical (unpaired) electrons. The molecule has 1 aromatic carbocycles. The normalized spacial score (nSPS) is 14.3. The number of hydrogen-bond donors (Lipinski definition) is 2. The van der Waals surface area contributed by atoms with Crippen LogP contribution in [0, 0.1) is 0 Å². The summed E-state index contributed by atoms with van der Waals surface area (Å²) >= 11 is 5.79. The van der Waals surface area contributed by atoms with E-state index in [0.29, 0.717) is 11.4 Å². The van der Waals surface area contributed by atoms with Gasteiger partial charge in [0.05, 0.1) is 0 Å². The zero-order valence-corrected chi connectivity index (χ0v) is 12.1. The molecule has 0 aliphatic heterocycles. The predicted octanol–water partition coefficient (Wildman–Crippen LogP) is 3.02. The summed E-state index contributed by atoms with van der Waals surface area (Å²) in [5.74, 6) is -0.159. The van der Waals surface area contributed by atoms with Crippen LogP contribution in [0.4, 0.5) is 0 Å². The van der Waals surface area contributed by atoms with E-state index in [0.717, 1.165) is 12.0 Å². The maximum Gasteiger partial charge on any atom is 0.244 e. The van der Waals surface area contributed by atoms with Crippen molar-refractivity contribution in [2.45, 2.75) is 32.2 Å². The Kier molecular flexibility index (Phi) is 6.06. The first-order valence-corrected chi connectivity index (χ1v) is 6.73. The van der Waals surface area contributed by atoms with E-state index in [-0.39, 0.29) is 18.1 Å². The van der Waals surface area contributed by atoms with Gasteiger partial charge in [-0.1, -0.05) is 30.7 Å². The Balaban J connectivity index is 2.61. The van der Waals surface area contributed by atoms with Crippen molar-refractivity contribution in [1.29, 1.82) is 0 Å². The van der Waals surface area contributed by atoms with E-state index in [1.807, 2.05) is 26.0 Å². The molecule has 1 aromatic rings. The molecule has 0 fully saturated rings. The second-order valence-electron chi connectivity index (χ2n) is 4.76. The summed E-state index contributed by atoms with van der Waals surface area (Å²) < 4.78 is 0. The van der Waals surface area contributed by atoms with Gasteiger partial charge in [0.15, 0.2) is 0 Å². The van der Waals surface area contributed by atoms with Crippen LogP contribution >= 0.6 is 11.6 Å². The lowest BCUT2D eigenvalue weighted by molar-refractivity contribution is -0.118. The molecule has 0 aliphatic rings. The molecule has 0 aliphatic carbocycles. The molecule has 19 heavy (non-hydrogen) atoms. The molecule has 1 atom stereocenters. The third-order valence-electron chi connectivity index (χ3n) is 3.17. The minimum Gasteiger partial charge on any atom is -0.396 e. The Morgan fingerprint density at radius 2 is 2.05 bits per heavy atom. The number of amides is 1. The maximum absolute atomic E-state index is 11.8. The number of nitrogens with one attached hydrogen (secondary N) is 1. The Morgan fingerprint density at radius 3 is 2.58 bits per heavy atom. The van der Waals surface area contributed by atoms with Crippen molar-refractivity contribution in [3.05, 3.63) is 40.9 Å². The molecule has 0 saturated heterocycles. The van der Waals surface area contributed by atoms with Crippen LogP contribution < -0.4 is 5.32 Å². The Morgan fingerprint density at radius 1 is 1.42 bits per heavy atom. The SMILES string of the molecule is CCC(C)(CCO)NC(=O)/C=C/c1ccc(Cl)cc1. The molecule has 1 amide bonds. The minimum absolute atomic E-state index is 0.0610. The maximum atomic E-state index is 11.8. The van der Waals surface area contributed by atoms with Gasteiger partial charge in [-0.15, -0.1) is 0 Å². The van der Waals surface area contributed by atoms with Crippen molar-refractivity contribution in [2.24, 2.45) is 0 Å². The van der Waals surface area contributed by atoms with Crippen molar-refractivity contribution < 1.29 is 9.90 Å². The third-order valence-corrected chi connectivity index (χ3v) is 3.42. The van der Waals surface area contributed by atoms with Gasteiger partial charge in [0, 0.05) is 23.2 Å². The van der Waals surface area contributed by atoms with E-state index in [4.69, 9.17) is 16.7 Å². The average molecular weight is 282 g/mol. The summed E-state index contributed by atoms with van der Waals surface area (Å²) in [6.45, 7) is 3.97. The van der Waals surface area contributed by atoms with Gasteiger partial charge in [0.2, 0.25) is 5.91 Å². The molecule has 1 unspecified atom stereocenters. The molecule has 104 valence electrons. The molecular weight excluding hydrogens is 262 g/mol. The highest BCUT2D eigenvalue weighted by molar-refractivity contribution is 6.30. The van der Waals surface area contributed by atoms with E-state index in [2.05, 4.69) is 5.32 Å². The summed E-state index contributed by atoms with van der Waals surface area (Å²) in [7, 11) is 0. The molecule has 2 N–H and O–H groups in total. The quantitative estimate of drug-likeness (QED) is 0.788. The molecular formula is C15H20ClNO2. The lowest BCUT2D eigenvalue weighted by Crippen LogP contribution is -2.45. The molecule has 4 heteroatoms. The highest BCUT2D eigenvalue weighted by Crippen LogP contribution is 2.14. The average Bonchev–Trinajstić information content (AvgIpc) is 2.38. The van der Waals surface area contributed by atoms with Crippen molar-refractivity contribution >= 4 is 23.6 Å². The van der Waals surface area contributed by atoms with Crippen LogP contribution in [0.5, 0.6) is 0 Å². The summed E-state index contributed by atoms with van der Waals surface area (Å²) in [4.78, 5) is 11.8. The molecule has 0 heterocycles. The van der Waals surface area contributed by atoms with Crippen molar-refractivity contribution in [3.63, 3.8) is 0 Å². The van der Waals surface area contributed by atoms with Crippen LogP contribution in [0.3, 0.4) is 0 Å². The molecule has 0 spiro atoms. The predicted molar refractivity (Wildman–Crippen MR) is 79.0 cm³/mol. The number of hydrogen-bond acceptors (Lipinski definition) is 2. The van der Waals surface area contributed by atoms with Gasteiger partial charge < -0.3 is 10.4 Å². The van der Waals surface area contributed by atoms with Gasteiger partial charge in [-0.3, -0.25) is 4.79 Å². The lowest BCUT2D eigenvalue weighted by atomic mass is 9.95. The first kappa shape index (κ1) is 15.7.